The molecule has 3 N–H and O–H groups in total. The van der Waals surface area contributed by atoms with Gasteiger partial charge in [-0.25, -0.2) is 8.42 Å². The van der Waals surface area contributed by atoms with E-state index in [-0.39, 0.29) is 15.6 Å². The van der Waals surface area contributed by atoms with Crippen molar-refractivity contribution in [2.24, 2.45) is 5.73 Å². The van der Waals surface area contributed by atoms with Gasteiger partial charge < -0.3 is 5.73 Å². The molecule has 0 aliphatic rings. The highest BCUT2D eigenvalue weighted by Crippen LogP contribution is 2.28. The van der Waals surface area contributed by atoms with Gasteiger partial charge in [-0.1, -0.05) is 23.2 Å². The average Bonchev–Trinajstić information content (AvgIpc) is 2.82. The molecule has 19 heavy (non-hydrogen) atoms. The molecule has 4 nitrogen and oxygen atoms in total. The van der Waals surface area contributed by atoms with Crippen molar-refractivity contribution in [3.63, 3.8) is 0 Å². The Morgan fingerprint density at radius 2 is 2.00 bits per heavy atom. The average molecular weight is 337 g/mol. The van der Waals surface area contributed by atoms with E-state index in [1.54, 1.807) is 6.07 Å². The van der Waals surface area contributed by atoms with Crippen LogP contribution in [-0.4, -0.2) is 8.42 Å². The maximum atomic E-state index is 12.1. The van der Waals surface area contributed by atoms with E-state index in [1.807, 2.05) is 0 Å². The lowest BCUT2D eigenvalue weighted by Crippen LogP contribution is -2.12. The van der Waals surface area contributed by atoms with E-state index in [1.165, 1.54) is 34.9 Å². The van der Waals surface area contributed by atoms with E-state index in [9.17, 15) is 8.42 Å². The number of hydrogen-bond acceptors (Lipinski definition) is 4. The Morgan fingerprint density at radius 3 is 2.58 bits per heavy atom. The number of rotatable bonds is 4. The van der Waals surface area contributed by atoms with Gasteiger partial charge in [-0.05, 0) is 24.3 Å². The molecule has 0 saturated carbocycles. The van der Waals surface area contributed by atoms with Crippen molar-refractivity contribution in [1.29, 1.82) is 0 Å². The van der Waals surface area contributed by atoms with E-state index in [0.29, 0.717) is 11.6 Å². The normalized spacial score (nSPS) is 11.5. The Kier molecular flexibility index (Phi) is 4.37. The number of nitrogens with one attached hydrogen (secondary N) is 1. The molecular formula is C11H10Cl2N2O2S2. The van der Waals surface area contributed by atoms with Gasteiger partial charge in [0.15, 0.2) is 0 Å². The zero-order valence-electron chi connectivity index (χ0n) is 9.56. The fraction of sp³-hybridized carbons (Fsp3) is 0.0909. The van der Waals surface area contributed by atoms with Crippen LogP contribution in [0.1, 0.15) is 4.88 Å². The molecule has 0 unspecified atom stereocenters. The van der Waals surface area contributed by atoms with Crippen molar-refractivity contribution in [2.75, 3.05) is 4.72 Å². The number of benzene rings is 1. The summed E-state index contributed by atoms with van der Waals surface area (Å²) in [5.41, 5.74) is 5.74. The van der Waals surface area contributed by atoms with Gasteiger partial charge in [0, 0.05) is 21.8 Å². The van der Waals surface area contributed by atoms with Gasteiger partial charge >= 0.3 is 0 Å². The largest absolute Gasteiger partial charge is 0.326 e. The zero-order valence-corrected chi connectivity index (χ0v) is 12.7. The van der Waals surface area contributed by atoms with Crippen LogP contribution >= 0.6 is 34.5 Å². The van der Waals surface area contributed by atoms with Crippen LogP contribution in [0.2, 0.25) is 10.0 Å². The van der Waals surface area contributed by atoms with Gasteiger partial charge in [-0.15, -0.1) is 11.3 Å². The fourth-order valence-electron chi connectivity index (χ4n) is 1.38. The lowest BCUT2D eigenvalue weighted by molar-refractivity contribution is 0.601. The third-order valence-electron chi connectivity index (χ3n) is 2.32. The first-order valence-corrected chi connectivity index (χ1v) is 8.29. The highest BCUT2D eigenvalue weighted by Gasteiger charge is 2.17. The molecule has 0 amide bonds. The second kappa shape index (κ2) is 5.68. The minimum atomic E-state index is -3.66. The predicted octanol–water partition coefficient (Wildman–Crippen LogP) is 3.31. The van der Waals surface area contributed by atoms with Gasteiger partial charge in [0.05, 0.1) is 15.6 Å². The number of thiophene rings is 1. The standard InChI is InChI=1S/C11H10Cl2N2O2S2/c12-7-1-2-11(10(13)3-7)15-19(16,17)9-4-8(5-14)18-6-9/h1-4,6,15H,5,14H2. The first kappa shape index (κ1) is 14.6. The summed E-state index contributed by atoms with van der Waals surface area (Å²) in [5, 5.41) is 2.22. The molecule has 0 spiro atoms. The molecule has 0 radical (unpaired) electrons. The van der Waals surface area contributed by atoms with Crippen LogP contribution in [0.5, 0.6) is 0 Å². The van der Waals surface area contributed by atoms with Crippen LogP contribution in [0.3, 0.4) is 0 Å². The van der Waals surface area contributed by atoms with Crippen LogP contribution in [0.15, 0.2) is 34.5 Å². The van der Waals surface area contributed by atoms with Crippen LogP contribution in [0.4, 0.5) is 5.69 Å². The second-order valence-electron chi connectivity index (χ2n) is 3.68. The molecule has 8 heteroatoms. The van der Waals surface area contributed by atoms with Crippen molar-refractivity contribution in [3.05, 3.63) is 44.6 Å². The van der Waals surface area contributed by atoms with Gasteiger partial charge in [0.1, 0.15) is 0 Å². The van der Waals surface area contributed by atoms with Crippen molar-refractivity contribution >= 4 is 50.2 Å². The van der Waals surface area contributed by atoms with Gasteiger partial charge in [-0.2, -0.15) is 0 Å². The Labute approximate surface area is 125 Å². The number of sulfonamides is 1. The summed E-state index contributed by atoms with van der Waals surface area (Å²) in [7, 11) is -3.66. The van der Waals surface area contributed by atoms with Crippen molar-refractivity contribution < 1.29 is 8.42 Å². The molecule has 1 aromatic heterocycles. The van der Waals surface area contributed by atoms with E-state index in [2.05, 4.69) is 4.72 Å². The number of nitrogens with two attached hydrogens (primary N) is 1. The third kappa shape index (κ3) is 3.40. The number of anilines is 1. The Morgan fingerprint density at radius 1 is 1.26 bits per heavy atom. The highest BCUT2D eigenvalue weighted by atomic mass is 35.5. The molecule has 0 atom stereocenters. The maximum Gasteiger partial charge on any atom is 0.262 e. The van der Waals surface area contributed by atoms with Gasteiger partial charge in [-0.3, -0.25) is 4.72 Å². The van der Waals surface area contributed by atoms with Crippen LogP contribution in [0, 0.1) is 0 Å². The molecule has 0 aliphatic heterocycles. The molecule has 2 aromatic rings. The van der Waals surface area contributed by atoms with Crippen molar-refractivity contribution in [1.82, 2.24) is 0 Å². The summed E-state index contributed by atoms with van der Waals surface area (Å²) in [4.78, 5) is 0.964. The zero-order chi connectivity index (χ0) is 14.0. The first-order chi connectivity index (χ1) is 8.92. The molecule has 0 fully saturated rings. The van der Waals surface area contributed by atoms with E-state index in [0.717, 1.165) is 4.88 Å². The van der Waals surface area contributed by atoms with Crippen molar-refractivity contribution in [2.45, 2.75) is 11.4 Å². The SMILES string of the molecule is NCc1cc(S(=O)(=O)Nc2ccc(Cl)cc2Cl)cs1. The summed E-state index contributed by atoms with van der Waals surface area (Å²) in [6, 6.07) is 6.08. The van der Waals surface area contributed by atoms with Crippen LogP contribution in [0.25, 0.3) is 0 Å². The number of hydrogen-bond donors (Lipinski definition) is 2. The summed E-state index contributed by atoms with van der Waals surface area (Å²) >= 11 is 13.0. The second-order valence-corrected chi connectivity index (χ2v) is 7.20. The van der Waals surface area contributed by atoms with E-state index < -0.39 is 10.0 Å². The molecule has 0 bridgehead atoms. The molecule has 2 rings (SSSR count). The van der Waals surface area contributed by atoms with Crippen LogP contribution < -0.4 is 10.5 Å². The quantitative estimate of drug-likeness (QED) is 0.899. The molecular weight excluding hydrogens is 327 g/mol. The monoisotopic (exact) mass is 336 g/mol. The Balaban J connectivity index is 2.30. The lowest BCUT2D eigenvalue weighted by Gasteiger charge is -2.08. The molecule has 0 aliphatic carbocycles. The predicted molar refractivity (Wildman–Crippen MR) is 79.5 cm³/mol. The minimum absolute atomic E-state index is 0.170. The van der Waals surface area contributed by atoms with E-state index in [4.69, 9.17) is 28.9 Å². The fourth-order valence-corrected chi connectivity index (χ4v) is 4.13. The van der Waals surface area contributed by atoms with Crippen molar-refractivity contribution in [3.8, 4) is 0 Å². The highest BCUT2D eigenvalue weighted by molar-refractivity contribution is 7.92. The molecule has 1 aromatic carbocycles. The number of halogens is 2. The first-order valence-electron chi connectivity index (χ1n) is 5.18. The Bertz CT molecular complexity index is 698. The summed E-state index contributed by atoms with van der Waals surface area (Å²) in [6.07, 6.45) is 0. The van der Waals surface area contributed by atoms with Gasteiger partial charge in [0.25, 0.3) is 10.0 Å². The molecule has 102 valence electrons. The smallest absolute Gasteiger partial charge is 0.262 e. The summed E-state index contributed by atoms with van der Waals surface area (Å²) in [6.45, 7) is 0.307. The minimum Gasteiger partial charge on any atom is -0.326 e. The molecule has 1 heterocycles. The Hall–Kier alpha value is -0.790. The summed E-state index contributed by atoms with van der Waals surface area (Å²) < 4.78 is 26.7. The summed E-state index contributed by atoms with van der Waals surface area (Å²) in [5.74, 6) is 0. The maximum absolute atomic E-state index is 12.1. The topological polar surface area (TPSA) is 72.2 Å². The molecule has 0 saturated heterocycles. The van der Waals surface area contributed by atoms with Crippen LogP contribution in [-0.2, 0) is 16.6 Å². The van der Waals surface area contributed by atoms with Gasteiger partial charge in [0.2, 0.25) is 0 Å². The van der Waals surface area contributed by atoms with E-state index >= 15 is 0 Å². The lowest BCUT2D eigenvalue weighted by atomic mass is 10.3. The third-order valence-corrected chi connectivity index (χ3v) is 5.32.